The van der Waals surface area contributed by atoms with Gasteiger partial charge in [-0.25, -0.2) is 0 Å². The van der Waals surface area contributed by atoms with Crippen molar-refractivity contribution in [3.63, 3.8) is 0 Å². The van der Waals surface area contributed by atoms with Crippen molar-refractivity contribution in [3.05, 3.63) is 23.8 Å². The van der Waals surface area contributed by atoms with Crippen LogP contribution in [0.1, 0.15) is 31.4 Å². The zero-order valence-corrected chi connectivity index (χ0v) is 12.1. The van der Waals surface area contributed by atoms with Crippen molar-refractivity contribution < 1.29 is 14.2 Å². The highest BCUT2D eigenvalue weighted by molar-refractivity contribution is 5.42. The van der Waals surface area contributed by atoms with Crippen LogP contribution in [-0.4, -0.2) is 33.5 Å². The maximum absolute atomic E-state index is 5.98. The van der Waals surface area contributed by atoms with E-state index in [0.29, 0.717) is 6.10 Å². The van der Waals surface area contributed by atoms with Gasteiger partial charge in [0.15, 0.2) is 0 Å². The molecule has 0 saturated carbocycles. The molecule has 1 heterocycles. The molecule has 3 atom stereocenters. The summed E-state index contributed by atoms with van der Waals surface area (Å²) in [6, 6.07) is 5.99. The molecule has 1 aromatic rings. The van der Waals surface area contributed by atoms with Gasteiger partial charge >= 0.3 is 0 Å². The van der Waals surface area contributed by atoms with Crippen molar-refractivity contribution in [1.82, 2.24) is 5.32 Å². The fourth-order valence-electron chi connectivity index (χ4n) is 2.70. The van der Waals surface area contributed by atoms with Crippen molar-refractivity contribution in [2.24, 2.45) is 0 Å². The third-order valence-electron chi connectivity index (χ3n) is 3.72. The molecule has 1 saturated heterocycles. The van der Waals surface area contributed by atoms with Gasteiger partial charge in [0, 0.05) is 5.56 Å². The van der Waals surface area contributed by atoms with Crippen LogP contribution in [0.4, 0.5) is 0 Å². The van der Waals surface area contributed by atoms with Gasteiger partial charge < -0.3 is 19.5 Å². The van der Waals surface area contributed by atoms with Crippen molar-refractivity contribution in [2.45, 2.75) is 38.0 Å². The smallest absolute Gasteiger partial charge is 0.124 e. The van der Waals surface area contributed by atoms with E-state index in [2.05, 4.69) is 12.2 Å². The lowest BCUT2D eigenvalue weighted by Crippen LogP contribution is -2.30. The molecule has 1 aliphatic heterocycles. The Labute approximate surface area is 115 Å². The first kappa shape index (κ1) is 14.2. The number of hydrogen-bond acceptors (Lipinski definition) is 4. The molecule has 0 amide bonds. The Kier molecular flexibility index (Phi) is 4.66. The Morgan fingerprint density at radius 1 is 1.26 bits per heavy atom. The largest absolute Gasteiger partial charge is 0.497 e. The predicted octanol–water partition coefficient (Wildman–Crippen LogP) is 2.53. The van der Waals surface area contributed by atoms with Crippen LogP contribution in [0, 0.1) is 0 Å². The van der Waals surface area contributed by atoms with Gasteiger partial charge in [-0.05, 0) is 45.0 Å². The first-order valence-electron chi connectivity index (χ1n) is 6.74. The van der Waals surface area contributed by atoms with Crippen LogP contribution in [0.15, 0.2) is 18.2 Å². The molecular formula is C15H23NO3. The van der Waals surface area contributed by atoms with Crippen molar-refractivity contribution in [1.29, 1.82) is 0 Å². The molecule has 106 valence electrons. The monoisotopic (exact) mass is 265 g/mol. The molecule has 1 aliphatic rings. The fraction of sp³-hybridized carbons (Fsp3) is 0.600. The molecule has 0 bridgehead atoms. The lowest BCUT2D eigenvalue weighted by Gasteiger charge is -2.25. The van der Waals surface area contributed by atoms with Gasteiger partial charge in [-0.15, -0.1) is 0 Å². The Morgan fingerprint density at radius 3 is 2.58 bits per heavy atom. The fourth-order valence-corrected chi connectivity index (χ4v) is 2.70. The van der Waals surface area contributed by atoms with Gasteiger partial charge in [0.05, 0.1) is 32.5 Å². The maximum Gasteiger partial charge on any atom is 0.124 e. The number of methoxy groups -OCH3 is 2. The second kappa shape index (κ2) is 6.26. The maximum atomic E-state index is 5.98. The number of ether oxygens (including phenoxy) is 3. The number of benzene rings is 1. The normalized spacial score (nSPS) is 24.2. The first-order valence-corrected chi connectivity index (χ1v) is 6.74. The number of rotatable bonds is 5. The van der Waals surface area contributed by atoms with E-state index < -0.39 is 0 Å². The summed E-state index contributed by atoms with van der Waals surface area (Å²) in [5.41, 5.74) is 1.09. The van der Waals surface area contributed by atoms with E-state index in [1.807, 2.05) is 25.2 Å². The minimum Gasteiger partial charge on any atom is -0.497 e. The number of nitrogens with one attached hydrogen (secondary N) is 1. The van der Waals surface area contributed by atoms with E-state index in [-0.39, 0.29) is 12.1 Å². The third kappa shape index (κ3) is 3.01. The molecule has 4 nitrogen and oxygen atoms in total. The molecule has 0 radical (unpaired) electrons. The zero-order valence-electron chi connectivity index (χ0n) is 12.1. The van der Waals surface area contributed by atoms with E-state index in [1.165, 1.54) is 0 Å². The van der Waals surface area contributed by atoms with Crippen LogP contribution in [0.3, 0.4) is 0 Å². The molecule has 2 rings (SSSR count). The van der Waals surface area contributed by atoms with Crippen LogP contribution in [0.25, 0.3) is 0 Å². The van der Waals surface area contributed by atoms with Crippen LogP contribution < -0.4 is 14.8 Å². The summed E-state index contributed by atoms with van der Waals surface area (Å²) in [5.74, 6) is 1.70. The van der Waals surface area contributed by atoms with Crippen molar-refractivity contribution in [2.75, 3.05) is 21.3 Å². The Bertz CT molecular complexity index is 422. The standard InChI is InChI=1S/C15H23NO3/c1-10-5-7-14(19-10)15(16-2)12-9-11(17-3)6-8-13(12)18-4/h6,8-10,14-16H,5,7H2,1-4H3. The van der Waals surface area contributed by atoms with Crippen molar-refractivity contribution >= 4 is 0 Å². The molecule has 4 heteroatoms. The highest BCUT2D eigenvalue weighted by atomic mass is 16.5. The summed E-state index contributed by atoms with van der Waals surface area (Å²) in [6.45, 7) is 2.12. The minimum atomic E-state index is 0.120. The van der Waals surface area contributed by atoms with E-state index in [9.17, 15) is 0 Å². The lowest BCUT2D eigenvalue weighted by molar-refractivity contribution is 0.0327. The molecule has 19 heavy (non-hydrogen) atoms. The Hall–Kier alpha value is -1.26. The summed E-state index contributed by atoms with van der Waals surface area (Å²) in [6.07, 6.45) is 2.68. The zero-order chi connectivity index (χ0) is 13.8. The summed E-state index contributed by atoms with van der Waals surface area (Å²) in [5, 5.41) is 3.35. The molecule has 1 fully saturated rings. The lowest BCUT2D eigenvalue weighted by atomic mass is 9.98. The number of hydrogen-bond donors (Lipinski definition) is 1. The Morgan fingerprint density at radius 2 is 2.05 bits per heavy atom. The SMILES string of the molecule is CNC(c1cc(OC)ccc1OC)C1CCC(C)O1. The Balaban J connectivity index is 2.30. The first-order chi connectivity index (χ1) is 9.19. The van der Waals surface area contributed by atoms with Gasteiger partial charge in [-0.3, -0.25) is 0 Å². The highest BCUT2D eigenvalue weighted by Gasteiger charge is 2.31. The predicted molar refractivity (Wildman–Crippen MR) is 74.9 cm³/mol. The van der Waals surface area contributed by atoms with Crippen LogP contribution in [0.5, 0.6) is 11.5 Å². The topological polar surface area (TPSA) is 39.7 Å². The van der Waals surface area contributed by atoms with Gasteiger partial charge in [-0.1, -0.05) is 0 Å². The third-order valence-corrected chi connectivity index (χ3v) is 3.72. The van der Waals surface area contributed by atoms with E-state index >= 15 is 0 Å². The van der Waals surface area contributed by atoms with Gasteiger partial charge in [-0.2, -0.15) is 0 Å². The molecule has 0 aromatic heterocycles. The molecule has 3 unspecified atom stereocenters. The minimum absolute atomic E-state index is 0.120. The van der Waals surface area contributed by atoms with Crippen molar-refractivity contribution in [3.8, 4) is 11.5 Å². The average molecular weight is 265 g/mol. The van der Waals surface area contributed by atoms with Gasteiger partial charge in [0.2, 0.25) is 0 Å². The van der Waals surface area contributed by atoms with Gasteiger partial charge in [0.1, 0.15) is 11.5 Å². The average Bonchev–Trinajstić information content (AvgIpc) is 2.86. The molecule has 1 aromatic carbocycles. The highest BCUT2D eigenvalue weighted by Crippen LogP contribution is 2.36. The summed E-state index contributed by atoms with van der Waals surface area (Å²) >= 11 is 0. The van der Waals surface area contributed by atoms with Crippen LogP contribution >= 0.6 is 0 Å². The summed E-state index contributed by atoms with van der Waals surface area (Å²) < 4.78 is 16.8. The van der Waals surface area contributed by atoms with E-state index in [4.69, 9.17) is 14.2 Å². The van der Waals surface area contributed by atoms with Crippen LogP contribution in [0.2, 0.25) is 0 Å². The second-order valence-electron chi connectivity index (χ2n) is 4.94. The number of likely N-dealkylation sites (N-methyl/N-ethyl adjacent to an activating group) is 1. The second-order valence-corrected chi connectivity index (χ2v) is 4.94. The summed E-state index contributed by atoms with van der Waals surface area (Å²) in [7, 11) is 5.32. The van der Waals surface area contributed by atoms with Gasteiger partial charge in [0.25, 0.3) is 0 Å². The van der Waals surface area contributed by atoms with Crippen LogP contribution in [-0.2, 0) is 4.74 Å². The van der Waals surface area contributed by atoms with E-state index in [1.54, 1.807) is 14.2 Å². The molecule has 1 N–H and O–H groups in total. The summed E-state index contributed by atoms with van der Waals surface area (Å²) in [4.78, 5) is 0. The molecule has 0 spiro atoms. The quantitative estimate of drug-likeness (QED) is 0.888. The molecule has 0 aliphatic carbocycles. The molecular weight excluding hydrogens is 242 g/mol. The van der Waals surface area contributed by atoms with E-state index in [0.717, 1.165) is 29.9 Å².